The number of aromatic nitrogens is 2. The molecule has 4 nitrogen and oxygen atoms in total. The molecule has 0 amide bonds. The third-order valence-corrected chi connectivity index (χ3v) is 1.90. The Hall–Kier alpha value is -1.34. The van der Waals surface area contributed by atoms with Crippen molar-refractivity contribution >= 4 is 0 Å². The largest absolute Gasteiger partial charge is 0.342 e. The Morgan fingerprint density at radius 2 is 2.43 bits per heavy atom. The summed E-state index contributed by atoms with van der Waals surface area (Å²) in [5.74, 6) is 0. The third-order valence-electron chi connectivity index (χ3n) is 1.90. The molecule has 0 aromatic carbocycles. The molecule has 0 aliphatic carbocycles. The highest BCUT2D eigenvalue weighted by Crippen LogP contribution is 1.92. The van der Waals surface area contributed by atoms with E-state index in [4.69, 9.17) is 10.00 Å². The van der Waals surface area contributed by atoms with E-state index < -0.39 is 0 Å². The maximum Gasteiger partial charge on any atom is 0.245 e. The molecule has 0 aliphatic heterocycles. The van der Waals surface area contributed by atoms with E-state index in [2.05, 4.69) is 10.6 Å². The van der Waals surface area contributed by atoms with E-state index in [0.29, 0.717) is 13.2 Å². The van der Waals surface area contributed by atoms with Gasteiger partial charge in [-0.25, -0.2) is 9.13 Å². The molecule has 0 aliphatic rings. The average molecular weight is 194 g/mol. The summed E-state index contributed by atoms with van der Waals surface area (Å²) in [6, 6.07) is 2.13. The molecule has 1 aromatic rings. The second kappa shape index (κ2) is 6.17. The lowest BCUT2D eigenvalue weighted by Gasteiger charge is -1.95. The van der Waals surface area contributed by atoms with Crippen molar-refractivity contribution in [2.45, 2.75) is 33.0 Å². The summed E-state index contributed by atoms with van der Waals surface area (Å²) in [5.41, 5.74) is 0. The van der Waals surface area contributed by atoms with Crippen molar-refractivity contribution in [3.8, 4) is 6.07 Å². The first-order valence-electron chi connectivity index (χ1n) is 4.86. The molecule has 0 atom stereocenters. The summed E-state index contributed by atoms with van der Waals surface area (Å²) in [6.07, 6.45) is 7.48. The van der Waals surface area contributed by atoms with Crippen LogP contribution in [0.5, 0.6) is 0 Å². The van der Waals surface area contributed by atoms with Gasteiger partial charge in [-0.15, -0.1) is 0 Å². The highest BCUT2D eigenvalue weighted by atomic mass is 16.5. The van der Waals surface area contributed by atoms with Gasteiger partial charge in [0.15, 0.2) is 6.73 Å². The predicted octanol–water partition coefficient (Wildman–Crippen LogP) is 1.07. The molecular weight excluding hydrogens is 178 g/mol. The first kappa shape index (κ1) is 10.7. The van der Waals surface area contributed by atoms with E-state index in [1.54, 1.807) is 0 Å². The van der Waals surface area contributed by atoms with Crippen LogP contribution < -0.4 is 4.57 Å². The fraction of sp³-hybridized carbons (Fsp3) is 0.600. The highest BCUT2D eigenvalue weighted by Gasteiger charge is 2.02. The fourth-order valence-electron chi connectivity index (χ4n) is 1.18. The van der Waals surface area contributed by atoms with E-state index in [9.17, 15) is 0 Å². The van der Waals surface area contributed by atoms with Crippen LogP contribution >= 0.6 is 0 Å². The molecule has 0 radical (unpaired) electrons. The quantitative estimate of drug-likeness (QED) is 0.502. The van der Waals surface area contributed by atoms with Crippen LogP contribution in [0.25, 0.3) is 0 Å². The zero-order valence-electron chi connectivity index (χ0n) is 8.52. The normalized spacial score (nSPS) is 10.0. The van der Waals surface area contributed by atoms with Crippen molar-refractivity contribution < 1.29 is 9.30 Å². The van der Waals surface area contributed by atoms with Crippen molar-refractivity contribution in [1.82, 2.24) is 4.57 Å². The van der Waals surface area contributed by atoms with E-state index in [1.807, 2.05) is 30.2 Å². The molecule has 0 N–H and O–H groups in total. The molecule has 0 spiro atoms. The zero-order chi connectivity index (χ0) is 10.2. The van der Waals surface area contributed by atoms with Gasteiger partial charge in [0, 0.05) is 13.0 Å². The van der Waals surface area contributed by atoms with Gasteiger partial charge in [0.25, 0.3) is 0 Å². The zero-order valence-corrected chi connectivity index (χ0v) is 8.52. The van der Waals surface area contributed by atoms with E-state index in [0.717, 1.165) is 19.6 Å². The molecule has 1 rings (SSSR count). The van der Waals surface area contributed by atoms with Crippen molar-refractivity contribution in [2.75, 3.05) is 6.61 Å². The topological polar surface area (TPSA) is 41.8 Å². The number of hydrogen-bond acceptors (Lipinski definition) is 2. The van der Waals surface area contributed by atoms with Crippen molar-refractivity contribution in [2.24, 2.45) is 0 Å². The van der Waals surface area contributed by atoms with Crippen LogP contribution in [-0.2, 0) is 18.0 Å². The molecule has 0 saturated heterocycles. The van der Waals surface area contributed by atoms with Crippen molar-refractivity contribution in [3.05, 3.63) is 18.7 Å². The summed E-state index contributed by atoms with van der Waals surface area (Å²) in [7, 11) is 0. The molecule has 14 heavy (non-hydrogen) atoms. The van der Waals surface area contributed by atoms with E-state index in [-0.39, 0.29) is 0 Å². The molecule has 0 bridgehead atoms. The van der Waals surface area contributed by atoms with Gasteiger partial charge in [-0.1, -0.05) is 0 Å². The summed E-state index contributed by atoms with van der Waals surface area (Å²) in [5, 5.41) is 8.38. The second-order valence-electron chi connectivity index (χ2n) is 3.05. The Labute approximate surface area is 84.3 Å². The Balaban J connectivity index is 2.32. The fourth-order valence-corrected chi connectivity index (χ4v) is 1.18. The summed E-state index contributed by atoms with van der Waals surface area (Å²) >= 11 is 0. The average Bonchev–Trinajstić information content (AvgIpc) is 2.63. The first-order chi connectivity index (χ1) is 6.86. The van der Waals surface area contributed by atoms with Gasteiger partial charge in [-0.3, -0.25) is 0 Å². The summed E-state index contributed by atoms with van der Waals surface area (Å²) in [6.45, 7) is 4.20. The molecule has 1 aromatic heterocycles. The highest BCUT2D eigenvalue weighted by molar-refractivity contribution is 4.71. The standard InChI is InChI=1S/C10H16N3O/c1-2-14-10-13-8-7-12(9-13)6-4-3-5-11/h7-9H,2-4,6,10H2,1H3/q+1. The molecule has 0 unspecified atom stereocenters. The van der Waals surface area contributed by atoms with Crippen LogP contribution in [0.1, 0.15) is 19.8 Å². The van der Waals surface area contributed by atoms with Gasteiger partial charge in [0.2, 0.25) is 6.33 Å². The monoisotopic (exact) mass is 194 g/mol. The number of nitrogens with zero attached hydrogens (tertiary/aromatic N) is 3. The summed E-state index contributed by atoms with van der Waals surface area (Å²) < 4.78 is 9.30. The van der Waals surface area contributed by atoms with Crippen molar-refractivity contribution in [1.29, 1.82) is 5.26 Å². The number of rotatable bonds is 6. The molecule has 0 saturated carbocycles. The van der Waals surface area contributed by atoms with Crippen LogP contribution in [0, 0.1) is 11.3 Å². The lowest BCUT2D eigenvalue weighted by Crippen LogP contribution is -2.32. The third kappa shape index (κ3) is 3.58. The number of imidazole rings is 1. The van der Waals surface area contributed by atoms with Gasteiger partial charge in [0.05, 0.1) is 12.6 Å². The lowest BCUT2D eigenvalue weighted by molar-refractivity contribution is -0.732. The lowest BCUT2D eigenvalue weighted by atomic mass is 10.3. The van der Waals surface area contributed by atoms with Crippen LogP contribution in [0.2, 0.25) is 0 Å². The van der Waals surface area contributed by atoms with Crippen LogP contribution in [0.4, 0.5) is 0 Å². The smallest absolute Gasteiger partial charge is 0.245 e. The van der Waals surface area contributed by atoms with Gasteiger partial charge in [-0.2, -0.15) is 5.26 Å². The number of hydrogen-bond donors (Lipinski definition) is 0. The van der Waals surface area contributed by atoms with Crippen molar-refractivity contribution in [3.63, 3.8) is 0 Å². The van der Waals surface area contributed by atoms with Crippen LogP contribution in [0.3, 0.4) is 0 Å². The second-order valence-corrected chi connectivity index (χ2v) is 3.05. The van der Waals surface area contributed by atoms with Gasteiger partial charge in [0.1, 0.15) is 12.4 Å². The molecule has 0 fully saturated rings. The first-order valence-corrected chi connectivity index (χ1v) is 4.86. The predicted molar refractivity (Wildman–Crippen MR) is 51.1 cm³/mol. The van der Waals surface area contributed by atoms with Gasteiger partial charge < -0.3 is 4.74 Å². The number of nitriles is 1. The van der Waals surface area contributed by atoms with Gasteiger partial charge in [-0.05, 0) is 13.3 Å². The maximum atomic E-state index is 8.38. The SMILES string of the molecule is CCOC[n+]1ccn(CCCC#N)c1. The molecule has 76 valence electrons. The Kier molecular flexibility index (Phi) is 4.73. The Morgan fingerprint density at radius 3 is 3.14 bits per heavy atom. The Bertz CT molecular complexity index is 301. The number of aryl methyl sites for hydroxylation is 1. The molecule has 4 heteroatoms. The minimum atomic E-state index is 0.599. The minimum Gasteiger partial charge on any atom is -0.342 e. The van der Waals surface area contributed by atoms with E-state index >= 15 is 0 Å². The van der Waals surface area contributed by atoms with E-state index in [1.165, 1.54) is 0 Å². The van der Waals surface area contributed by atoms with Gasteiger partial charge >= 0.3 is 0 Å². The maximum absolute atomic E-state index is 8.38. The molecular formula is C10H16N3O+. The van der Waals surface area contributed by atoms with Crippen LogP contribution in [0.15, 0.2) is 18.7 Å². The molecule has 1 heterocycles. The minimum absolute atomic E-state index is 0.599. The van der Waals surface area contributed by atoms with Crippen LogP contribution in [-0.4, -0.2) is 11.2 Å². The number of unbranched alkanes of at least 4 members (excludes halogenated alkanes) is 1. The Morgan fingerprint density at radius 1 is 1.57 bits per heavy atom. The summed E-state index contributed by atoms with van der Waals surface area (Å²) in [4.78, 5) is 0. The number of ether oxygens (including phenoxy) is 1.